The number of benzene rings is 1. The molecular formula is C13H21BO3. The van der Waals surface area contributed by atoms with E-state index < -0.39 is 7.12 Å². The molecule has 0 radical (unpaired) electrons. The number of ether oxygens (including phenoxy) is 1. The maximum absolute atomic E-state index is 8.96. The first-order valence-corrected chi connectivity index (χ1v) is 6.05. The maximum atomic E-state index is 8.96. The van der Waals surface area contributed by atoms with Crippen LogP contribution >= 0.6 is 0 Å². The summed E-state index contributed by atoms with van der Waals surface area (Å²) in [4.78, 5) is 0. The van der Waals surface area contributed by atoms with E-state index in [4.69, 9.17) is 14.8 Å². The zero-order chi connectivity index (χ0) is 12.8. The molecule has 1 atom stereocenters. The summed E-state index contributed by atoms with van der Waals surface area (Å²) in [6.45, 7) is 7.00. The van der Waals surface area contributed by atoms with Gasteiger partial charge >= 0.3 is 7.12 Å². The number of rotatable bonds is 6. The third-order valence-corrected chi connectivity index (χ3v) is 2.62. The molecule has 4 heteroatoms. The van der Waals surface area contributed by atoms with Gasteiger partial charge in [-0.05, 0) is 30.3 Å². The molecule has 3 nitrogen and oxygen atoms in total. The van der Waals surface area contributed by atoms with Crippen LogP contribution in [-0.2, 0) is 11.3 Å². The van der Waals surface area contributed by atoms with Crippen LogP contribution in [0.4, 0.5) is 0 Å². The van der Waals surface area contributed by atoms with Gasteiger partial charge in [0.1, 0.15) is 0 Å². The third-order valence-electron chi connectivity index (χ3n) is 2.62. The lowest BCUT2D eigenvalue weighted by Crippen LogP contribution is -2.29. The second kappa shape index (κ2) is 6.79. The van der Waals surface area contributed by atoms with E-state index in [0.29, 0.717) is 18.0 Å². The van der Waals surface area contributed by atoms with Crippen LogP contribution < -0.4 is 5.46 Å². The van der Waals surface area contributed by atoms with Crippen LogP contribution in [0.25, 0.3) is 0 Å². The summed E-state index contributed by atoms with van der Waals surface area (Å²) in [6, 6.07) is 7.13. The Bertz CT molecular complexity index is 322. The molecule has 0 aliphatic rings. The van der Waals surface area contributed by atoms with Gasteiger partial charge in [-0.25, -0.2) is 0 Å². The van der Waals surface area contributed by atoms with E-state index in [1.807, 2.05) is 12.1 Å². The number of hydrogen-bond donors (Lipinski definition) is 2. The molecule has 0 saturated heterocycles. The van der Waals surface area contributed by atoms with Gasteiger partial charge in [0, 0.05) is 0 Å². The molecule has 1 aromatic rings. The lowest BCUT2D eigenvalue weighted by atomic mass is 9.80. The highest BCUT2D eigenvalue weighted by molar-refractivity contribution is 6.58. The molecule has 0 aliphatic carbocycles. The van der Waals surface area contributed by atoms with Gasteiger partial charge in [0.25, 0.3) is 0 Å². The minimum absolute atomic E-state index is 0.248. The Balaban J connectivity index is 2.42. The summed E-state index contributed by atoms with van der Waals surface area (Å²) < 4.78 is 5.71. The van der Waals surface area contributed by atoms with Gasteiger partial charge in [0.2, 0.25) is 0 Å². The van der Waals surface area contributed by atoms with Crippen molar-refractivity contribution in [1.29, 1.82) is 0 Å². The van der Waals surface area contributed by atoms with Gasteiger partial charge < -0.3 is 14.8 Å². The van der Waals surface area contributed by atoms with Crippen LogP contribution in [-0.4, -0.2) is 23.3 Å². The predicted octanol–water partition coefficient (Wildman–Crippen LogP) is 1.32. The lowest BCUT2D eigenvalue weighted by molar-refractivity contribution is 0.0397. The largest absolute Gasteiger partial charge is 0.488 e. The average Bonchev–Trinajstić information content (AvgIpc) is 2.26. The Kier molecular flexibility index (Phi) is 5.68. The fourth-order valence-electron chi connectivity index (χ4n) is 1.76. The van der Waals surface area contributed by atoms with Crippen LogP contribution in [0.15, 0.2) is 24.3 Å². The first-order valence-electron chi connectivity index (χ1n) is 6.05. The first-order chi connectivity index (χ1) is 7.99. The fraction of sp³-hybridized carbons (Fsp3) is 0.538. The van der Waals surface area contributed by atoms with Crippen molar-refractivity contribution in [3.05, 3.63) is 29.8 Å². The lowest BCUT2D eigenvalue weighted by Gasteiger charge is -2.15. The molecular weight excluding hydrogens is 215 g/mol. The van der Waals surface area contributed by atoms with Crippen LogP contribution in [0.5, 0.6) is 0 Å². The first kappa shape index (κ1) is 14.2. The highest BCUT2D eigenvalue weighted by Crippen LogP contribution is 2.10. The summed E-state index contributed by atoms with van der Waals surface area (Å²) in [6.07, 6.45) is 1.30. The Hall–Kier alpha value is -0.835. The highest BCUT2D eigenvalue weighted by Gasteiger charge is 2.10. The Morgan fingerprint density at radius 3 is 2.18 bits per heavy atom. The van der Waals surface area contributed by atoms with Crippen molar-refractivity contribution in [2.24, 2.45) is 5.92 Å². The second-order valence-corrected chi connectivity index (χ2v) is 4.87. The molecule has 17 heavy (non-hydrogen) atoms. The second-order valence-electron chi connectivity index (χ2n) is 4.87. The normalized spacial score (nSPS) is 12.8. The maximum Gasteiger partial charge on any atom is 0.488 e. The third kappa shape index (κ3) is 5.35. The topological polar surface area (TPSA) is 49.7 Å². The number of hydrogen-bond acceptors (Lipinski definition) is 3. The van der Waals surface area contributed by atoms with Crippen LogP contribution in [0, 0.1) is 5.92 Å². The summed E-state index contributed by atoms with van der Waals surface area (Å²) in [5.74, 6) is 0.636. The molecule has 0 fully saturated rings. The van der Waals surface area contributed by atoms with Gasteiger partial charge in [-0.2, -0.15) is 0 Å². The zero-order valence-corrected chi connectivity index (χ0v) is 10.8. The molecule has 0 saturated carbocycles. The molecule has 0 spiro atoms. The molecule has 1 rings (SSSR count). The van der Waals surface area contributed by atoms with E-state index in [1.54, 1.807) is 12.1 Å². The minimum atomic E-state index is -1.40. The smallest absolute Gasteiger partial charge is 0.423 e. The van der Waals surface area contributed by atoms with Crippen molar-refractivity contribution in [3.8, 4) is 0 Å². The van der Waals surface area contributed by atoms with Crippen LogP contribution in [0.3, 0.4) is 0 Å². The summed E-state index contributed by atoms with van der Waals surface area (Å²) in [7, 11) is -1.40. The van der Waals surface area contributed by atoms with E-state index >= 15 is 0 Å². The van der Waals surface area contributed by atoms with E-state index in [1.165, 1.54) is 0 Å². The van der Waals surface area contributed by atoms with Crippen molar-refractivity contribution in [1.82, 2.24) is 0 Å². The summed E-state index contributed by atoms with van der Waals surface area (Å²) >= 11 is 0. The van der Waals surface area contributed by atoms with Gasteiger partial charge in [0.05, 0.1) is 12.7 Å². The molecule has 0 aliphatic heterocycles. The minimum Gasteiger partial charge on any atom is -0.423 e. The molecule has 1 aromatic carbocycles. The van der Waals surface area contributed by atoms with Crippen LogP contribution in [0.1, 0.15) is 32.8 Å². The molecule has 1 unspecified atom stereocenters. The quantitative estimate of drug-likeness (QED) is 0.732. The molecule has 94 valence electrons. The highest BCUT2D eigenvalue weighted by atomic mass is 16.5. The van der Waals surface area contributed by atoms with Crippen molar-refractivity contribution in [3.63, 3.8) is 0 Å². The zero-order valence-electron chi connectivity index (χ0n) is 10.8. The van der Waals surface area contributed by atoms with E-state index in [0.717, 1.165) is 12.0 Å². The summed E-state index contributed by atoms with van der Waals surface area (Å²) in [5.41, 5.74) is 1.55. The van der Waals surface area contributed by atoms with Crippen molar-refractivity contribution < 1.29 is 14.8 Å². The van der Waals surface area contributed by atoms with Gasteiger partial charge in [0.15, 0.2) is 0 Å². The molecule has 0 heterocycles. The Morgan fingerprint density at radius 2 is 1.71 bits per heavy atom. The molecule has 0 amide bonds. The van der Waals surface area contributed by atoms with Gasteiger partial charge in [-0.15, -0.1) is 0 Å². The molecule has 0 bridgehead atoms. The summed E-state index contributed by atoms with van der Waals surface area (Å²) in [5, 5.41) is 17.9. The van der Waals surface area contributed by atoms with Gasteiger partial charge in [-0.1, -0.05) is 38.1 Å². The van der Waals surface area contributed by atoms with Crippen LogP contribution in [0.2, 0.25) is 0 Å². The van der Waals surface area contributed by atoms with E-state index in [2.05, 4.69) is 20.8 Å². The predicted molar refractivity (Wildman–Crippen MR) is 70.0 cm³/mol. The van der Waals surface area contributed by atoms with Crippen molar-refractivity contribution in [2.45, 2.75) is 39.9 Å². The standard InChI is InChI=1S/C13H21BO3/c1-10(2)8-11(3)17-9-12-4-6-13(7-5-12)14(15)16/h4-7,10-11,15-16H,8-9H2,1-3H3. The van der Waals surface area contributed by atoms with Gasteiger partial charge in [-0.3, -0.25) is 0 Å². The van der Waals surface area contributed by atoms with E-state index in [-0.39, 0.29) is 6.10 Å². The average molecular weight is 236 g/mol. The molecule has 2 N–H and O–H groups in total. The Morgan fingerprint density at radius 1 is 1.12 bits per heavy atom. The Labute approximate surface area is 104 Å². The van der Waals surface area contributed by atoms with Crippen molar-refractivity contribution >= 4 is 12.6 Å². The van der Waals surface area contributed by atoms with Crippen molar-refractivity contribution in [2.75, 3.05) is 0 Å². The monoisotopic (exact) mass is 236 g/mol. The molecule has 0 aromatic heterocycles. The fourth-order valence-corrected chi connectivity index (χ4v) is 1.76. The van der Waals surface area contributed by atoms with E-state index in [9.17, 15) is 0 Å². The SMILES string of the molecule is CC(C)CC(C)OCc1ccc(B(O)O)cc1.